The summed E-state index contributed by atoms with van der Waals surface area (Å²) in [5.41, 5.74) is 0.809. The molecule has 1 aliphatic heterocycles. The molecule has 1 aliphatic rings. The molecule has 0 bridgehead atoms. The third-order valence-corrected chi connectivity index (χ3v) is 3.33. The number of anilines is 2. The molecule has 0 atom stereocenters. The van der Waals surface area contributed by atoms with Gasteiger partial charge in [0.25, 0.3) is 5.91 Å². The van der Waals surface area contributed by atoms with Gasteiger partial charge in [0.15, 0.2) is 0 Å². The minimum Gasteiger partial charge on any atom is -0.341 e. The van der Waals surface area contributed by atoms with Crippen LogP contribution in [-0.4, -0.2) is 38.9 Å². The van der Waals surface area contributed by atoms with E-state index in [2.05, 4.69) is 30.2 Å². The molecule has 0 radical (unpaired) electrons. The van der Waals surface area contributed by atoms with Crippen LogP contribution in [0.15, 0.2) is 31.0 Å². The lowest BCUT2D eigenvalue weighted by Gasteiger charge is -2.26. The minimum atomic E-state index is -0.322. The average Bonchev–Trinajstić information content (AvgIpc) is 2.57. The molecule has 1 saturated heterocycles. The third-order valence-electron chi connectivity index (χ3n) is 3.33. The highest BCUT2D eigenvalue weighted by molar-refractivity contribution is 6.02. The Morgan fingerprint density at radius 2 is 1.76 bits per heavy atom. The number of carbonyl (C=O) groups excluding carboxylic acids is 1. The van der Waals surface area contributed by atoms with Gasteiger partial charge in [-0.25, -0.2) is 15.0 Å². The third kappa shape index (κ3) is 3.31. The molecule has 0 aromatic carbocycles. The summed E-state index contributed by atoms with van der Waals surface area (Å²) >= 11 is 0. The van der Waals surface area contributed by atoms with Gasteiger partial charge in [0.1, 0.15) is 5.69 Å². The van der Waals surface area contributed by atoms with E-state index in [1.165, 1.54) is 37.9 Å². The Labute approximate surface area is 122 Å². The van der Waals surface area contributed by atoms with Crippen LogP contribution in [0.3, 0.4) is 0 Å². The first-order valence-electron chi connectivity index (χ1n) is 6.97. The van der Waals surface area contributed by atoms with Crippen LogP contribution >= 0.6 is 0 Å². The summed E-state index contributed by atoms with van der Waals surface area (Å²) < 4.78 is 0. The molecule has 7 heteroatoms. The summed E-state index contributed by atoms with van der Waals surface area (Å²) in [5.74, 6) is 0.393. The Balaban J connectivity index is 1.65. The lowest BCUT2D eigenvalue weighted by Crippen LogP contribution is -2.30. The molecule has 0 aliphatic carbocycles. The Morgan fingerprint density at radius 1 is 1.00 bits per heavy atom. The molecule has 3 heterocycles. The summed E-state index contributed by atoms with van der Waals surface area (Å²) in [5, 5.41) is 2.70. The standard InChI is InChI=1S/C14H16N6O/c21-13(12-10-15-4-5-16-12)19-11-8-17-14(18-9-11)20-6-2-1-3-7-20/h4-5,8-10H,1-3,6-7H2,(H,19,21). The number of piperidine rings is 1. The largest absolute Gasteiger partial charge is 0.341 e. The highest BCUT2D eigenvalue weighted by Gasteiger charge is 2.13. The van der Waals surface area contributed by atoms with Crippen molar-refractivity contribution in [1.82, 2.24) is 19.9 Å². The van der Waals surface area contributed by atoms with Gasteiger partial charge in [0.2, 0.25) is 5.95 Å². The normalized spacial score (nSPS) is 14.8. The van der Waals surface area contributed by atoms with Crippen molar-refractivity contribution in [2.45, 2.75) is 19.3 Å². The number of hydrogen-bond acceptors (Lipinski definition) is 6. The lowest BCUT2D eigenvalue weighted by atomic mass is 10.1. The van der Waals surface area contributed by atoms with Gasteiger partial charge in [0, 0.05) is 25.5 Å². The molecule has 0 unspecified atom stereocenters. The molecule has 108 valence electrons. The maximum atomic E-state index is 11.9. The zero-order valence-corrected chi connectivity index (χ0v) is 11.6. The fraction of sp³-hybridized carbons (Fsp3) is 0.357. The molecule has 0 saturated carbocycles. The predicted molar refractivity (Wildman–Crippen MR) is 78.1 cm³/mol. The van der Waals surface area contributed by atoms with Crippen molar-refractivity contribution in [3.05, 3.63) is 36.7 Å². The first kappa shape index (κ1) is 13.4. The Morgan fingerprint density at radius 3 is 2.43 bits per heavy atom. The topological polar surface area (TPSA) is 83.9 Å². The lowest BCUT2D eigenvalue weighted by molar-refractivity contribution is 0.102. The van der Waals surface area contributed by atoms with Crippen molar-refractivity contribution in [2.75, 3.05) is 23.3 Å². The molecule has 1 amide bonds. The molecule has 7 nitrogen and oxygen atoms in total. The van der Waals surface area contributed by atoms with Crippen LogP contribution in [0, 0.1) is 0 Å². The first-order chi connectivity index (χ1) is 10.3. The number of aromatic nitrogens is 4. The van der Waals surface area contributed by atoms with E-state index in [0.29, 0.717) is 11.6 Å². The summed E-state index contributed by atoms with van der Waals surface area (Å²) in [6, 6.07) is 0. The second-order valence-corrected chi connectivity index (χ2v) is 4.86. The van der Waals surface area contributed by atoms with E-state index >= 15 is 0 Å². The van der Waals surface area contributed by atoms with Crippen LogP contribution in [0.5, 0.6) is 0 Å². The molecule has 21 heavy (non-hydrogen) atoms. The van der Waals surface area contributed by atoms with Crippen LogP contribution < -0.4 is 10.2 Å². The smallest absolute Gasteiger partial charge is 0.275 e. The van der Waals surface area contributed by atoms with Crippen LogP contribution in [0.25, 0.3) is 0 Å². The number of amides is 1. The van der Waals surface area contributed by atoms with Crippen molar-refractivity contribution in [3.63, 3.8) is 0 Å². The number of carbonyl (C=O) groups is 1. The number of hydrogen-bond donors (Lipinski definition) is 1. The van der Waals surface area contributed by atoms with E-state index in [9.17, 15) is 4.79 Å². The van der Waals surface area contributed by atoms with E-state index in [4.69, 9.17) is 0 Å². The fourth-order valence-corrected chi connectivity index (χ4v) is 2.25. The van der Waals surface area contributed by atoms with Crippen LogP contribution in [-0.2, 0) is 0 Å². The summed E-state index contributed by atoms with van der Waals surface area (Å²) in [7, 11) is 0. The quantitative estimate of drug-likeness (QED) is 0.919. The molecule has 2 aromatic rings. The van der Waals surface area contributed by atoms with Crippen LogP contribution in [0.2, 0.25) is 0 Å². The number of rotatable bonds is 3. The van der Waals surface area contributed by atoms with Crippen LogP contribution in [0.1, 0.15) is 29.8 Å². The second-order valence-electron chi connectivity index (χ2n) is 4.86. The van der Waals surface area contributed by atoms with Gasteiger partial charge in [-0.15, -0.1) is 0 Å². The molecular weight excluding hydrogens is 268 g/mol. The van der Waals surface area contributed by atoms with Gasteiger partial charge in [0.05, 0.1) is 24.3 Å². The zero-order valence-electron chi connectivity index (χ0n) is 11.6. The van der Waals surface area contributed by atoms with E-state index in [-0.39, 0.29) is 11.6 Å². The zero-order chi connectivity index (χ0) is 14.5. The summed E-state index contributed by atoms with van der Waals surface area (Å²) in [6.07, 6.45) is 11.3. The molecule has 2 aromatic heterocycles. The number of nitrogens with one attached hydrogen (secondary N) is 1. The Bertz CT molecular complexity index is 595. The van der Waals surface area contributed by atoms with Gasteiger partial charge in [-0.2, -0.15) is 0 Å². The molecule has 3 rings (SSSR count). The molecule has 1 fully saturated rings. The SMILES string of the molecule is O=C(Nc1cnc(N2CCCCC2)nc1)c1cnccn1. The van der Waals surface area contributed by atoms with Crippen molar-refractivity contribution < 1.29 is 4.79 Å². The Hall–Kier alpha value is -2.57. The Kier molecular flexibility index (Phi) is 3.99. The average molecular weight is 284 g/mol. The summed E-state index contributed by atoms with van der Waals surface area (Å²) in [6.45, 7) is 1.98. The fourth-order valence-electron chi connectivity index (χ4n) is 2.25. The van der Waals surface area contributed by atoms with Crippen molar-refractivity contribution >= 4 is 17.5 Å². The van der Waals surface area contributed by atoms with Crippen molar-refractivity contribution in [3.8, 4) is 0 Å². The van der Waals surface area contributed by atoms with Gasteiger partial charge in [-0.1, -0.05) is 0 Å². The predicted octanol–water partition coefficient (Wildman–Crippen LogP) is 1.51. The van der Waals surface area contributed by atoms with Crippen LogP contribution in [0.4, 0.5) is 11.6 Å². The maximum absolute atomic E-state index is 11.9. The van der Waals surface area contributed by atoms with E-state index < -0.39 is 0 Å². The highest BCUT2D eigenvalue weighted by Crippen LogP contribution is 2.16. The maximum Gasteiger partial charge on any atom is 0.275 e. The molecule has 1 N–H and O–H groups in total. The molecule has 0 spiro atoms. The first-order valence-corrected chi connectivity index (χ1v) is 6.97. The van der Waals surface area contributed by atoms with E-state index in [0.717, 1.165) is 13.1 Å². The van der Waals surface area contributed by atoms with Gasteiger partial charge < -0.3 is 10.2 Å². The van der Waals surface area contributed by atoms with Crippen molar-refractivity contribution in [1.29, 1.82) is 0 Å². The van der Waals surface area contributed by atoms with Gasteiger partial charge >= 0.3 is 0 Å². The van der Waals surface area contributed by atoms with Gasteiger partial charge in [-0.05, 0) is 19.3 Å². The van der Waals surface area contributed by atoms with E-state index in [1.807, 2.05) is 0 Å². The van der Waals surface area contributed by atoms with E-state index in [1.54, 1.807) is 12.4 Å². The molecular formula is C14H16N6O. The van der Waals surface area contributed by atoms with Gasteiger partial charge in [-0.3, -0.25) is 9.78 Å². The monoisotopic (exact) mass is 284 g/mol. The van der Waals surface area contributed by atoms with Crippen molar-refractivity contribution in [2.24, 2.45) is 0 Å². The minimum absolute atomic E-state index is 0.262. The highest BCUT2D eigenvalue weighted by atomic mass is 16.1. The second kappa shape index (κ2) is 6.25. The number of nitrogens with zero attached hydrogens (tertiary/aromatic N) is 5. The summed E-state index contributed by atoms with van der Waals surface area (Å²) in [4.78, 5) is 30.5.